The van der Waals surface area contributed by atoms with Crippen LogP contribution in [-0.4, -0.2) is 25.1 Å². The van der Waals surface area contributed by atoms with Crippen molar-refractivity contribution in [1.82, 2.24) is 20.0 Å². The second-order valence-electron chi connectivity index (χ2n) is 4.36. The lowest BCUT2D eigenvalue weighted by Crippen LogP contribution is -2.02. The van der Waals surface area contributed by atoms with Gasteiger partial charge in [0.25, 0.3) is 0 Å². The Balaban J connectivity index is 2.02. The molecule has 2 heterocycles. The molecular formula is C14H14N4O. The maximum atomic E-state index is 9.73. The summed E-state index contributed by atoms with van der Waals surface area (Å²) in [6, 6.07) is 11.5. The molecule has 1 N–H and O–H groups in total. The SMILES string of the molecule is CC[C@H](O)c1ccc(-n2nnc3ccccc32)cn1. The van der Waals surface area contributed by atoms with Crippen molar-refractivity contribution in [2.75, 3.05) is 0 Å². The van der Waals surface area contributed by atoms with Gasteiger partial charge >= 0.3 is 0 Å². The number of aliphatic hydroxyl groups excluding tert-OH is 1. The van der Waals surface area contributed by atoms with Crippen molar-refractivity contribution >= 4 is 11.0 Å². The summed E-state index contributed by atoms with van der Waals surface area (Å²) in [5.41, 5.74) is 3.30. The third kappa shape index (κ3) is 2.08. The summed E-state index contributed by atoms with van der Waals surface area (Å²) >= 11 is 0. The summed E-state index contributed by atoms with van der Waals surface area (Å²) in [5, 5.41) is 18.0. The molecule has 0 spiro atoms. The highest BCUT2D eigenvalue weighted by Crippen LogP contribution is 2.18. The highest BCUT2D eigenvalue weighted by atomic mass is 16.3. The summed E-state index contributed by atoms with van der Waals surface area (Å²) in [7, 11) is 0. The molecule has 2 aromatic heterocycles. The standard InChI is InChI=1S/C14H14N4O/c1-2-14(19)12-8-7-10(9-15-12)18-13-6-4-3-5-11(13)16-17-18/h3-9,14,19H,2H2,1H3/t14-/m0/s1. The number of aromatic nitrogens is 4. The lowest BCUT2D eigenvalue weighted by molar-refractivity contribution is 0.169. The van der Waals surface area contributed by atoms with Crippen LogP contribution in [-0.2, 0) is 0 Å². The second kappa shape index (κ2) is 4.78. The molecule has 0 amide bonds. The summed E-state index contributed by atoms with van der Waals surface area (Å²) < 4.78 is 1.74. The lowest BCUT2D eigenvalue weighted by Gasteiger charge is -2.08. The fourth-order valence-corrected chi connectivity index (χ4v) is 1.99. The molecule has 0 fully saturated rings. The number of benzene rings is 1. The Bertz CT molecular complexity index is 690. The Morgan fingerprint density at radius 2 is 2.05 bits per heavy atom. The maximum absolute atomic E-state index is 9.73. The van der Waals surface area contributed by atoms with E-state index in [0.29, 0.717) is 12.1 Å². The smallest absolute Gasteiger partial charge is 0.113 e. The summed E-state index contributed by atoms with van der Waals surface area (Å²) in [4.78, 5) is 4.27. The van der Waals surface area contributed by atoms with Gasteiger partial charge in [0.15, 0.2) is 0 Å². The van der Waals surface area contributed by atoms with E-state index >= 15 is 0 Å². The first-order valence-corrected chi connectivity index (χ1v) is 6.24. The molecule has 0 unspecified atom stereocenters. The van der Waals surface area contributed by atoms with E-state index in [1.165, 1.54) is 0 Å². The van der Waals surface area contributed by atoms with Gasteiger partial charge in [-0.1, -0.05) is 24.3 Å². The molecule has 0 aliphatic heterocycles. The number of nitrogens with zero attached hydrogens (tertiary/aromatic N) is 4. The van der Waals surface area contributed by atoms with Crippen molar-refractivity contribution in [3.63, 3.8) is 0 Å². The fourth-order valence-electron chi connectivity index (χ4n) is 1.99. The molecule has 96 valence electrons. The minimum Gasteiger partial charge on any atom is -0.387 e. The van der Waals surface area contributed by atoms with Crippen molar-refractivity contribution in [2.45, 2.75) is 19.4 Å². The van der Waals surface area contributed by atoms with E-state index in [-0.39, 0.29) is 0 Å². The quantitative estimate of drug-likeness (QED) is 0.778. The van der Waals surface area contributed by atoms with Crippen LogP contribution in [0, 0.1) is 0 Å². The van der Waals surface area contributed by atoms with E-state index in [1.54, 1.807) is 10.9 Å². The molecule has 5 heteroatoms. The minimum atomic E-state index is -0.512. The van der Waals surface area contributed by atoms with E-state index < -0.39 is 6.10 Å². The highest BCUT2D eigenvalue weighted by molar-refractivity contribution is 5.75. The van der Waals surface area contributed by atoms with Crippen LogP contribution in [0.3, 0.4) is 0 Å². The van der Waals surface area contributed by atoms with Crippen LogP contribution in [0.2, 0.25) is 0 Å². The van der Waals surface area contributed by atoms with Gasteiger partial charge in [-0.25, -0.2) is 4.68 Å². The molecule has 0 aliphatic rings. The number of rotatable bonds is 3. The number of para-hydroxylation sites is 1. The van der Waals surface area contributed by atoms with E-state index in [2.05, 4.69) is 15.3 Å². The first-order chi connectivity index (χ1) is 9.29. The Morgan fingerprint density at radius 1 is 1.21 bits per heavy atom. The predicted octanol–water partition coefficient (Wildman–Crippen LogP) is 2.26. The first kappa shape index (κ1) is 11.8. The molecular weight excluding hydrogens is 240 g/mol. The molecule has 1 atom stereocenters. The van der Waals surface area contributed by atoms with E-state index in [4.69, 9.17) is 0 Å². The van der Waals surface area contributed by atoms with Gasteiger partial charge in [-0.15, -0.1) is 5.10 Å². The normalized spacial score (nSPS) is 12.7. The molecule has 3 rings (SSSR count). The Labute approximate surface area is 110 Å². The molecule has 0 radical (unpaired) electrons. The van der Waals surface area contributed by atoms with Crippen molar-refractivity contribution in [2.24, 2.45) is 0 Å². The summed E-state index contributed by atoms with van der Waals surface area (Å²) in [5.74, 6) is 0. The molecule has 3 aromatic rings. The van der Waals surface area contributed by atoms with Gasteiger partial charge in [0.2, 0.25) is 0 Å². The zero-order valence-corrected chi connectivity index (χ0v) is 10.6. The monoisotopic (exact) mass is 254 g/mol. The number of hydrogen-bond donors (Lipinski definition) is 1. The van der Waals surface area contributed by atoms with E-state index in [0.717, 1.165) is 16.7 Å². The number of fused-ring (bicyclic) bond motifs is 1. The van der Waals surface area contributed by atoms with Crippen LogP contribution in [0.4, 0.5) is 0 Å². The molecule has 0 saturated heterocycles. The minimum absolute atomic E-state index is 0.512. The van der Waals surface area contributed by atoms with Crippen molar-refractivity contribution in [3.05, 3.63) is 48.3 Å². The van der Waals surface area contributed by atoms with E-state index in [1.807, 2.05) is 43.3 Å². The largest absolute Gasteiger partial charge is 0.387 e. The Kier molecular flexibility index (Phi) is 2.97. The van der Waals surface area contributed by atoms with Crippen LogP contribution >= 0.6 is 0 Å². The van der Waals surface area contributed by atoms with Crippen LogP contribution < -0.4 is 0 Å². The van der Waals surface area contributed by atoms with Gasteiger partial charge in [0.1, 0.15) is 5.52 Å². The van der Waals surface area contributed by atoms with E-state index in [9.17, 15) is 5.11 Å². The zero-order chi connectivity index (χ0) is 13.2. The van der Waals surface area contributed by atoms with Crippen LogP contribution in [0.5, 0.6) is 0 Å². The second-order valence-corrected chi connectivity index (χ2v) is 4.36. The molecule has 0 bridgehead atoms. The summed E-state index contributed by atoms with van der Waals surface area (Å²) in [6.45, 7) is 1.92. The topological polar surface area (TPSA) is 63.8 Å². The average Bonchev–Trinajstić information content (AvgIpc) is 2.90. The third-order valence-corrected chi connectivity index (χ3v) is 3.10. The fraction of sp³-hybridized carbons (Fsp3) is 0.214. The number of aliphatic hydroxyl groups is 1. The zero-order valence-electron chi connectivity index (χ0n) is 10.6. The molecule has 0 aliphatic carbocycles. The molecule has 0 saturated carbocycles. The van der Waals surface area contributed by atoms with Gasteiger partial charge in [-0.2, -0.15) is 0 Å². The van der Waals surface area contributed by atoms with Crippen molar-refractivity contribution < 1.29 is 5.11 Å². The van der Waals surface area contributed by atoms with Gasteiger partial charge in [-0.3, -0.25) is 4.98 Å². The van der Waals surface area contributed by atoms with Crippen molar-refractivity contribution in [3.8, 4) is 5.69 Å². The first-order valence-electron chi connectivity index (χ1n) is 6.24. The number of hydrogen-bond acceptors (Lipinski definition) is 4. The molecule has 19 heavy (non-hydrogen) atoms. The Hall–Kier alpha value is -2.27. The molecule has 1 aromatic carbocycles. The highest BCUT2D eigenvalue weighted by Gasteiger charge is 2.09. The van der Waals surface area contributed by atoms with Crippen LogP contribution in [0.15, 0.2) is 42.6 Å². The van der Waals surface area contributed by atoms with Crippen molar-refractivity contribution in [1.29, 1.82) is 0 Å². The third-order valence-electron chi connectivity index (χ3n) is 3.10. The van der Waals surface area contributed by atoms with Gasteiger partial charge in [0, 0.05) is 0 Å². The van der Waals surface area contributed by atoms with Crippen LogP contribution in [0.1, 0.15) is 25.1 Å². The van der Waals surface area contributed by atoms with Gasteiger partial charge < -0.3 is 5.11 Å². The lowest BCUT2D eigenvalue weighted by atomic mass is 10.2. The van der Waals surface area contributed by atoms with Crippen LogP contribution in [0.25, 0.3) is 16.7 Å². The van der Waals surface area contributed by atoms with Gasteiger partial charge in [-0.05, 0) is 30.7 Å². The predicted molar refractivity (Wildman–Crippen MR) is 71.9 cm³/mol. The molecule has 5 nitrogen and oxygen atoms in total. The summed E-state index contributed by atoms with van der Waals surface area (Å²) in [6.07, 6.45) is 1.84. The Morgan fingerprint density at radius 3 is 2.79 bits per heavy atom. The van der Waals surface area contributed by atoms with Gasteiger partial charge in [0.05, 0.1) is 29.2 Å². The maximum Gasteiger partial charge on any atom is 0.113 e. The number of pyridine rings is 1. The average molecular weight is 254 g/mol.